The molecule has 2 aromatic carbocycles. The number of rotatable bonds is 7. The number of halogens is 2. The Morgan fingerprint density at radius 3 is 2.48 bits per heavy atom. The minimum Gasteiger partial charge on any atom is -0.507 e. The number of phenolic OH excluding ortho intramolecular Hbond substituents is 1. The summed E-state index contributed by atoms with van der Waals surface area (Å²) in [5, 5.41) is 13.5. The molecule has 122 valence electrons. The molecule has 0 heterocycles. The van der Waals surface area contributed by atoms with Crippen molar-refractivity contribution in [2.75, 3.05) is 13.2 Å². The predicted molar refractivity (Wildman–Crippen MR) is 91.6 cm³/mol. The molecule has 23 heavy (non-hydrogen) atoms. The number of unbranched alkanes of at least 4 members (excludes halogenated alkanes) is 1. The van der Waals surface area contributed by atoms with E-state index in [1.807, 2.05) is 12.1 Å². The molecule has 0 spiro atoms. The minimum atomic E-state index is -0.344. The molecule has 0 fully saturated rings. The summed E-state index contributed by atoms with van der Waals surface area (Å²) in [5.41, 5.74) is 0.176. The highest BCUT2D eigenvalue weighted by Crippen LogP contribution is 2.21. The molecule has 0 aliphatic heterocycles. The van der Waals surface area contributed by atoms with Crippen molar-refractivity contribution in [3.63, 3.8) is 0 Å². The monoisotopic (exact) mass is 353 g/mol. The molecule has 6 heteroatoms. The Hall–Kier alpha value is -1.91. The van der Waals surface area contributed by atoms with Gasteiger partial charge in [-0.3, -0.25) is 4.79 Å². The molecule has 0 unspecified atom stereocenters. The minimum absolute atomic E-state index is 0.0852. The quantitative estimate of drug-likeness (QED) is 0.730. The van der Waals surface area contributed by atoms with Crippen LogP contribution in [0, 0.1) is 0 Å². The molecule has 0 bridgehead atoms. The van der Waals surface area contributed by atoms with Gasteiger partial charge in [0, 0.05) is 16.6 Å². The van der Waals surface area contributed by atoms with Crippen molar-refractivity contribution in [2.45, 2.75) is 12.8 Å². The second kappa shape index (κ2) is 8.65. The van der Waals surface area contributed by atoms with Gasteiger partial charge in [0.2, 0.25) is 0 Å². The Labute approximate surface area is 145 Å². The van der Waals surface area contributed by atoms with Crippen LogP contribution in [0.5, 0.6) is 11.5 Å². The van der Waals surface area contributed by atoms with E-state index in [9.17, 15) is 9.90 Å². The van der Waals surface area contributed by atoms with Crippen LogP contribution in [-0.4, -0.2) is 24.2 Å². The highest BCUT2D eigenvalue weighted by molar-refractivity contribution is 6.31. The molecule has 0 atom stereocenters. The van der Waals surface area contributed by atoms with Crippen LogP contribution in [-0.2, 0) is 0 Å². The summed E-state index contributed by atoms with van der Waals surface area (Å²) in [6.45, 7) is 1.05. The van der Waals surface area contributed by atoms with Gasteiger partial charge in [-0.05, 0) is 55.3 Å². The second-order valence-electron chi connectivity index (χ2n) is 4.93. The van der Waals surface area contributed by atoms with E-state index in [-0.39, 0.29) is 17.2 Å². The van der Waals surface area contributed by atoms with Gasteiger partial charge in [-0.25, -0.2) is 0 Å². The molecule has 2 rings (SSSR count). The zero-order chi connectivity index (χ0) is 16.7. The molecule has 0 aliphatic rings. The average Bonchev–Trinajstić information content (AvgIpc) is 2.54. The van der Waals surface area contributed by atoms with Crippen molar-refractivity contribution >= 4 is 29.1 Å². The van der Waals surface area contributed by atoms with Gasteiger partial charge in [-0.15, -0.1) is 0 Å². The Balaban J connectivity index is 1.66. The first-order valence-corrected chi connectivity index (χ1v) is 7.97. The van der Waals surface area contributed by atoms with E-state index in [0.717, 1.165) is 18.6 Å². The van der Waals surface area contributed by atoms with Crippen LogP contribution < -0.4 is 10.1 Å². The number of hydrogen-bond acceptors (Lipinski definition) is 3. The molecule has 0 saturated heterocycles. The van der Waals surface area contributed by atoms with Crippen molar-refractivity contribution in [1.29, 1.82) is 0 Å². The number of hydrogen-bond donors (Lipinski definition) is 2. The summed E-state index contributed by atoms with van der Waals surface area (Å²) >= 11 is 11.6. The predicted octanol–water partition coefficient (Wildman–Crippen LogP) is 4.29. The molecule has 0 aromatic heterocycles. The first-order chi connectivity index (χ1) is 11.1. The molecule has 2 aromatic rings. The summed E-state index contributed by atoms with van der Waals surface area (Å²) < 4.78 is 5.56. The lowest BCUT2D eigenvalue weighted by molar-refractivity contribution is 0.0949. The Morgan fingerprint density at radius 2 is 1.74 bits per heavy atom. The molecule has 2 N–H and O–H groups in total. The van der Waals surface area contributed by atoms with Crippen molar-refractivity contribution < 1.29 is 14.6 Å². The van der Waals surface area contributed by atoms with Crippen LogP contribution in [0.2, 0.25) is 10.0 Å². The molecule has 4 nitrogen and oxygen atoms in total. The fourth-order valence-corrected chi connectivity index (χ4v) is 2.23. The van der Waals surface area contributed by atoms with Crippen LogP contribution in [0.1, 0.15) is 23.2 Å². The lowest BCUT2D eigenvalue weighted by atomic mass is 10.2. The summed E-state index contributed by atoms with van der Waals surface area (Å²) in [5.74, 6) is 0.337. The fourth-order valence-electron chi connectivity index (χ4n) is 1.94. The van der Waals surface area contributed by atoms with Gasteiger partial charge in [0.25, 0.3) is 5.91 Å². The van der Waals surface area contributed by atoms with Crippen LogP contribution in [0.15, 0.2) is 42.5 Å². The van der Waals surface area contributed by atoms with E-state index in [2.05, 4.69) is 5.32 Å². The van der Waals surface area contributed by atoms with Gasteiger partial charge >= 0.3 is 0 Å². The van der Waals surface area contributed by atoms with E-state index in [4.69, 9.17) is 27.9 Å². The third kappa shape index (κ3) is 5.66. The Morgan fingerprint density at radius 1 is 1.04 bits per heavy atom. The van der Waals surface area contributed by atoms with Crippen LogP contribution in [0.3, 0.4) is 0 Å². The standard InChI is InChI=1S/C17H17Cl2NO3/c18-12-3-6-14(7-4-12)23-10-2-1-9-20-17(22)15-11-13(19)5-8-16(15)21/h3-8,11,21H,1-2,9-10H2,(H,20,22). The van der Waals surface area contributed by atoms with E-state index >= 15 is 0 Å². The molecular formula is C17H17Cl2NO3. The normalized spacial score (nSPS) is 10.3. The zero-order valence-corrected chi connectivity index (χ0v) is 13.9. The number of carbonyl (C=O) groups excluding carboxylic acids is 1. The lowest BCUT2D eigenvalue weighted by Gasteiger charge is -2.08. The number of carbonyl (C=O) groups is 1. The summed E-state index contributed by atoms with van der Waals surface area (Å²) in [6.07, 6.45) is 1.56. The third-order valence-corrected chi connectivity index (χ3v) is 3.63. The summed E-state index contributed by atoms with van der Waals surface area (Å²) in [7, 11) is 0. The molecule has 1 amide bonds. The number of phenols is 1. The number of ether oxygens (including phenoxy) is 1. The molecule has 0 saturated carbocycles. The Kier molecular flexibility index (Phi) is 6.56. The van der Waals surface area contributed by atoms with Crippen LogP contribution >= 0.6 is 23.2 Å². The maximum absolute atomic E-state index is 11.9. The average molecular weight is 354 g/mol. The largest absolute Gasteiger partial charge is 0.507 e. The fraction of sp³-hybridized carbons (Fsp3) is 0.235. The van der Waals surface area contributed by atoms with E-state index in [1.54, 1.807) is 12.1 Å². The number of amides is 1. The maximum Gasteiger partial charge on any atom is 0.255 e. The zero-order valence-electron chi connectivity index (χ0n) is 12.4. The van der Waals surface area contributed by atoms with Gasteiger partial charge in [-0.2, -0.15) is 0 Å². The molecule has 0 aliphatic carbocycles. The van der Waals surface area contributed by atoms with E-state index < -0.39 is 0 Å². The van der Waals surface area contributed by atoms with Crippen LogP contribution in [0.4, 0.5) is 0 Å². The third-order valence-electron chi connectivity index (χ3n) is 3.14. The number of nitrogens with one attached hydrogen (secondary N) is 1. The SMILES string of the molecule is O=C(NCCCCOc1ccc(Cl)cc1)c1cc(Cl)ccc1O. The second-order valence-corrected chi connectivity index (χ2v) is 5.80. The van der Waals surface area contributed by atoms with Gasteiger partial charge in [0.15, 0.2) is 0 Å². The first kappa shape index (κ1) is 17.4. The van der Waals surface area contributed by atoms with Gasteiger partial charge < -0.3 is 15.2 Å². The maximum atomic E-state index is 11.9. The van der Waals surface area contributed by atoms with Crippen molar-refractivity contribution in [3.05, 3.63) is 58.1 Å². The van der Waals surface area contributed by atoms with Gasteiger partial charge in [0.1, 0.15) is 11.5 Å². The van der Waals surface area contributed by atoms with Crippen molar-refractivity contribution in [3.8, 4) is 11.5 Å². The summed E-state index contributed by atoms with van der Waals surface area (Å²) in [6, 6.07) is 11.5. The highest BCUT2D eigenvalue weighted by atomic mass is 35.5. The topological polar surface area (TPSA) is 58.6 Å². The summed E-state index contributed by atoms with van der Waals surface area (Å²) in [4.78, 5) is 11.9. The first-order valence-electron chi connectivity index (χ1n) is 7.21. The molecular weight excluding hydrogens is 337 g/mol. The highest BCUT2D eigenvalue weighted by Gasteiger charge is 2.10. The number of aromatic hydroxyl groups is 1. The van der Waals surface area contributed by atoms with E-state index in [1.165, 1.54) is 18.2 Å². The molecule has 0 radical (unpaired) electrons. The van der Waals surface area contributed by atoms with Gasteiger partial charge in [-0.1, -0.05) is 23.2 Å². The van der Waals surface area contributed by atoms with Crippen molar-refractivity contribution in [1.82, 2.24) is 5.32 Å². The van der Waals surface area contributed by atoms with E-state index in [0.29, 0.717) is 23.2 Å². The van der Waals surface area contributed by atoms with Gasteiger partial charge in [0.05, 0.1) is 12.2 Å². The Bertz CT molecular complexity index is 659. The smallest absolute Gasteiger partial charge is 0.255 e. The van der Waals surface area contributed by atoms with Crippen LogP contribution in [0.25, 0.3) is 0 Å². The van der Waals surface area contributed by atoms with Crippen molar-refractivity contribution in [2.24, 2.45) is 0 Å². The lowest BCUT2D eigenvalue weighted by Crippen LogP contribution is -2.24. The number of benzene rings is 2.